The van der Waals surface area contributed by atoms with E-state index in [4.69, 9.17) is 5.11 Å². The van der Waals surface area contributed by atoms with Crippen LogP contribution in [0.3, 0.4) is 0 Å². The number of allylic oxidation sites excluding steroid dienone is 2. The zero-order valence-electron chi connectivity index (χ0n) is 14.8. The molecular formula is C19H10F6O2S3. The number of halogens is 6. The second kappa shape index (κ2) is 6.69. The van der Waals surface area contributed by atoms with Crippen molar-refractivity contribution >= 4 is 45.6 Å². The Labute approximate surface area is 177 Å². The van der Waals surface area contributed by atoms with Gasteiger partial charge in [0.15, 0.2) is 0 Å². The van der Waals surface area contributed by atoms with E-state index in [1.165, 1.54) is 12.1 Å². The number of carboxylic acids is 1. The van der Waals surface area contributed by atoms with E-state index in [9.17, 15) is 31.1 Å². The highest BCUT2D eigenvalue weighted by Gasteiger charge is 2.79. The number of rotatable bonds is 4. The van der Waals surface area contributed by atoms with E-state index in [1.54, 1.807) is 17.5 Å². The number of thiophene rings is 3. The average molecular weight is 480 g/mol. The number of carbonyl (C=O) groups is 1. The van der Waals surface area contributed by atoms with Crippen molar-refractivity contribution in [3.05, 3.63) is 51.7 Å². The third-order valence-corrected chi connectivity index (χ3v) is 8.21. The van der Waals surface area contributed by atoms with Crippen molar-refractivity contribution < 1.29 is 36.2 Å². The molecule has 1 aliphatic carbocycles. The number of hydrogen-bond donors (Lipinski definition) is 1. The summed E-state index contributed by atoms with van der Waals surface area (Å²) in [5, 5.41) is 10.7. The minimum atomic E-state index is -5.56. The summed E-state index contributed by atoms with van der Waals surface area (Å²) in [4.78, 5) is 12.4. The van der Waals surface area contributed by atoms with Crippen LogP contribution in [0.2, 0.25) is 0 Å². The molecule has 2 nitrogen and oxygen atoms in total. The van der Waals surface area contributed by atoms with Gasteiger partial charge in [0.1, 0.15) is 4.88 Å². The van der Waals surface area contributed by atoms with Gasteiger partial charge in [-0.2, -0.15) is 26.3 Å². The van der Waals surface area contributed by atoms with E-state index >= 15 is 0 Å². The predicted molar refractivity (Wildman–Crippen MR) is 105 cm³/mol. The average Bonchev–Trinajstić information content (AvgIpc) is 3.41. The summed E-state index contributed by atoms with van der Waals surface area (Å²) < 4.78 is 85.4. The van der Waals surface area contributed by atoms with Gasteiger partial charge in [-0.15, -0.1) is 34.0 Å². The van der Waals surface area contributed by atoms with Crippen LogP contribution in [0.15, 0.2) is 41.3 Å². The van der Waals surface area contributed by atoms with Gasteiger partial charge < -0.3 is 5.11 Å². The second-order valence-electron chi connectivity index (χ2n) is 6.52. The first-order valence-electron chi connectivity index (χ1n) is 8.26. The van der Waals surface area contributed by atoms with Crippen LogP contribution in [0.4, 0.5) is 26.3 Å². The Morgan fingerprint density at radius 1 is 0.933 bits per heavy atom. The van der Waals surface area contributed by atoms with Crippen LogP contribution in [0.25, 0.3) is 25.1 Å². The first-order chi connectivity index (χ1) is 13.9. The standard InChI is InChI=1S/C19H10F6O2S3/c1-8-14(18(22,23)19(24,25)17(8,20)21)9-7-13(10-4-5-12(29-10)16(26)27)30-15(9)11-3-2-6-28-11/h2-7H,1H3,(H,26,27). The fraction of sp³-hybridized carbons (Fsp3) is 0.211. The number of hydrogen-bond acceptors (Lipinski definition) is 4. The van der Waals surface area contributed by atoms with Crippen molar-refractivity contribution in [1.29, 1.82) is 0 Å². The van der Waals surface area contributed by atoms with Gasteiger partial charge in [0.2, 0.25) is 0 Å². The fourth-order valence-electron chi connectivity index (χ4n) is 3.23. The summed E-state index contributed by atoms with van der Waals surface area (Å²) in [6.07, 6.45) is 0. The smallest absolute Gasteiger partial charge is 0.380 e. The van der Waals surface area contributed by atoms with Gasteiger partial charge in [-0.1, -0.05) is 6.07 Å². The third kappa shape index (κ3) is 2.78. The second-order valence-corrected chi connectivity index (χ2v) is 9.61. The van der Waals surface area contributed by atoms with Crippen LogP contribution in [0.5, 0.6) is 0 Å². The lowest BCUT2D eigenvalue weighted by Gasteiger charge is -2.25. The molecule has 158 valence electrons. The van der Waals surface area contributed by atoms with Crippen LogP contribution in [0, 0.1) is 0 Å². The summed E-state index contributed by atoms with van der Waals surface area (Å²) in [5.41, 5.74) is -3.17. The van der Waals surface area contributed by atoms with Crippen LogP contribution < -0.4 is 0 Å². The normalized spacial score (nSPS) is 19.4. The third-order valence-electron chi connectivity index (χ3n) is 4.75. The summed E-state index contributed by atoms with van der Waals surface area (Å²) in [5.74, 6) is -16.8. The summed E-state index contributed by atoms with van der Waals surface area (Å²) in [7, 11) is 0. The van der Waals surface area contributed by atoms with E-state index < -0.39 is 40.4 Å². The van der Waals surface area contributed by atoms with Gasteiger partial charge in [0.05, 0.1) is 4.88 Å². The highest BCUT2D eigenvalue weighted by atomic mass is 32.1. The van der Waals surface area contributed by atoms with Crippen molar-refractivity contribution in [2.45, 2.75) is 24.7 Å². The van der Waals surface area contributed by atoms with E-state index in [1.807, 2.05) is 0 Å². The molecule has 30 heavy (non-hydrogen) atoms. The highest BCUT2D eigenvalue weighted by Crippen LogP contribution is 2.63. The maximum atomic E-state index is 14.6. The van der Waals surface area contributed by atoms with Gasteiger partial charge >= 0.3 is 23.7 Å². The van der Waals surface area contributed by atoms with Gasteiger partial charge in [0.25, 0.3) is 0 Å². The molecule has 11 heteroatoms. The number of carboxylic acid groups (broad SMARTS) is 1. The van der Waals surface area contributed by atoms with Crippen molar-refractivity contribution in [1.82, 2.24) is 0 Å². The van der Waals surface area contributed by atoms with Crippen molar-refractivity contribution in [3.8, 4) is 19.5 Å². The first kappa shape index (κ1) is 21.1. The molecule has 0 saturated carbocycles. The molecule has 3 aromatic heterocycles. The zero-order chi connectivity index (χ0) is 22.1. The van der Waals surface area contributed by atoms with Crippen LogP contribution in [0.1, 0.15) is 22.2 Å². The SMILES string of the molecule is CC1=C(c2cc(-c3ccc(C(=O)O)s3)sc2-c2cccs2)C(F)(F)C(F)(F)C1(F)F. The fourth-order valence-corrected chi connectivity index (χ4v) is 6.19. The molecule has 0 aliphatic heterocycles. The molecule has 0 unspecified atom stereocenters. The molecule has 4 rings (SSSR count). The van der Waals surface area contributed by atoms with Crippen LogP contribution in [-0.4, -0.2) is 28.8 Å². The van der Waals surface area contributed by atoms with E-state index in [0.29, 0.717) is 21.6 Å². The minimum absolute atomic E-state index is 0.00252. The minimum Gasteiger partial charge on any atom is -0.477 e. The molecular weight excluding hydrogens is 470 g/mol. The summed E-state index contributed by atoms with van der Waals surface area (Å²) >= 11 is 2.97. The van der Waals surface area contributed by atoms with Crippen LogP contribution >= 0.6 is 34.0 Å². The maximum absolute atomic E-state index is 14.6. The van der Waals surface area contributed by atoms with Gasteiger partial charge in [-0.25, -0.2) is 4.79 Å². The predicted octanol–water partition coefficient (Wildman–Crippen LogP) is 7.60. The van der Waals surface area contributed by atoms with Gasteiger partial charge in [-0.05, 0) is 36.6 Å². The molecule has 0 spiro atoms. The van der Waals surface area contributed by atoms with E-state index in [-0.39, 0.29) is 9.75 Å². The lowest BCUT2D eigenvalue weighted by atomic mass is 9.99. The first-order valence-corrected chi connectivity index (χ1v) is 10.8. The van der Waals surface area contributed by atoms with E-state index in [2.05, 4.69) is 0 Å². The molecule has 0 radical (unpaired) electrons. The molecule has 0 fully saturated rings. The largest absolute Gasteiger partial charge is 0.477 e. The maximum Gasteiger partial charge on any atom is 0.380 e. The Bertz CT molecular complexity index is 1170. The molecule has 3 heterocycles. The zero-order valence-corrected chi connectivity index (χ0v) is 17.3. The number of alkyl halides is 6. The Morgan fingerprint density at radius 2 is 1.63 bits per heavy atom. The summed E-state index contributed by atoms with van der Waals surface area (Å²) in [6, 6.07) is 7.12. The lowest BCUT2D eigenvalue weighted by molar-refractivity contribution is -0.259. The molecule has 0 amide bonds. The quantitative estimate of drug-likeness (QED) is 0.391. The monoisotopic (exact) mass is 480 g/mol. The molecule has 1 N–H and O–H groups in total. The van der Waals surface area contributed by atoms with E-state index in [0.717, 1.165) is 40.1 Å². The van der Waals surface area contributed by atoms with Gasteiger partial charge in [0, 0.05) is 31.3 Å². The molecule has 0 bridgehead atoms. The Balaban J connectivity index is 1.97. The topological polar surface area (TPSA) is 37.3 Å². The molecule has 0 aromatic carbocycles. The van der Waals surface area contributed by atoms with Crippen molar-refractivity contribution in [2.75, 3.05) is 0 Å². The van der Waals surface area contributed by atoms with Crippen molar-refractivity contribution in [2.24, 2.45) is 0 Å². The molecule has 0 saturated heterocycles. The molecule has 1 aliphatic rings. The highest BCUT2D eigenvalue weighted by molar-refractivity contribution is 7.26. The molecule has 3 aromatic rings. The molecule has 0 atom stereocenters. The summed E-state index contributed by atoms with van der Waals surface area (Å²) in [6.45, 7) is 0.591. The van der Waals surface area contributed by atoms with Crippen LogP contribution in [-0.2, 0) is 0 Å². The van der Waals surface area contributed by atoms with Gasteiger partial charge in [-0.3, -0.25) is 0 Å². The lowest BCUT2D eigenvalue weighted by Crippen LogP contribution is -2.48. The Kier molecular flexibility index (Phi) is 4.72. The number of aromatic carboxylic acids is 1. The Morgan fingerprint density at radius 3 is 2.13 bits per heavy atom. The Hall–Kier alpha value is -2.11. The van der Waals surface area contributed by atoms with Crippen molar-refractivity contribution in [3.63, 3.8) is 0 Å².